The van der Waals surface area contributed by atoms with Gasteiger partial charge in [0.25, 0.3) is 0 Å². The van der Waals surface area contributed by atoms with Gasteiger partial charge in [-0.1, -0.05) is 6.07 Å². The maximum Gasteiger partial charge on any atom is 0.149 e. The summed E-state index contributed by atoms with van der Waals surface area (Å²) in [5.74, 6) is 0.656. The predicted octanol–water partition coefficient (Wildman–Crippen LogP) is 1.99. The minimum atomic E-state index is 0.656. The van der Waals surface area contributed by atoms with Crippen molar-refractivity contribution in [2.75, 3.05) is 5.73 Å². The molecule has 0 aliphatic rings. The van der Waals surface area contributed by atoms with Crippen LogP contribution in [0, 0.1) is 6.92 Å². The molecule has 0 bridgehead atoms. The number of nitrogen functional groups attached to an aromatic ring is 1. The third kappa shape index (κ3) is 0.914. The van der Waals surface area contributed by atoms with Crippen LogP contribution in [0.3, 0.4) is 0 Å². The fraction of sp³-hybridized carbons (Fsp3) is 0.125. The predicted molar refractivity (Wildman–Crippen MR) is 52.0 cm³/mol. The minimum absolute atomic E-state index is 0.656. The molecule has 0 saturated carbocycles. The largest absolute Gasteiger partial charge is 0.383 e. The molecule has 2 aromatic rings. The van der Waals surface area contributed by atoms with Crippen LogP contribution in [0.2, 0.25) is 0 Å². The third-order valence-electron chi connectivity index (χ3n) is 1.83. The van der Waals surface area contributed by atoms with Gasteiger partial charge in [-0.3, -0.25) is 4.40 Å². The summed E-state index contributed by atoms with van der Waals surface area (Å²) in [6.07, 6.45) is 0. The van der Waals surface area contributed by atoms with Crippen molar-refractivity contribution in [1.29, 1.82) is 0 Å². The van der Waals surface area contributed by atoms with Gasteiger partial charge in [-0.15, -0.1) is 0 Å². The van der Waals surface area contributed by atoms with E-state index in [1.54, 1.807) is 0 Å². The number of anilines is 1. The average Bonchev–Trinajstić information content (AvgIpc) is 2.29. The van der Waals surface area contributed by atoms with Crippen LogP contribution in [0.5, 0.6) is 0 Å². The Morgan fingerprint density at radius 3 is 2.92 bits per heavy atom. The molecule has 0 unspecified atom stereocenters. The highest BCUT2D eigenvalue weighted by Crippen LogP contribution is 2.21. The summed E-state index contributed by atoms with van der Waals surface area (Å²) in [6.45, 7) is 2.00. The lowest BCUT2D eigenvalue weighted by Crippen LogP contribution is -1.96. The van der Waals surface area contributed by atoms with Crippen molar-refractivity contribution in [2.45, 2.75) is 6.92 Å². The van der Waals surface area contributed by atoms with Gasteiger partial charge in [-0.2, -0.15) is 0 Å². The van der Waals surface area contributed by atoms with Crippen LogP contribution in [0.4, 0.5) is 5.82 Å². The smallest absolute Gasteiger partial charge is 0.149 e. The van der Waals surface area contributed by atoms with E-state index in [4.69, 9.17) is 5.73 Å². The quantitative estimate of drug-likeness (QED) is 0.746. The van der Waals surface area contributed by atoms with E-state index < -0.39 is 0 Å². The SMILES string of the molecule is Cc1cccc2nc(Br)c(N)n12. The van der Waals surface area contributed by atoms with E-state index in [0.29, 0.717) is 10.4 Å². The number of hydrogen-bond donors (Lipinski definition) is 1. The number of rotatable bonds is 0. The van der Waals surface area contributed by atoms with E-state index in [0.717, 1.165) is 11.3 Å². The molecule has 0 amide bonds. The van der Waals surface area contributed by atoms with Crippen molar-refractivity contribution in [3.8, 4) is 0 Å². The third-order valence-corrected chi connectivity index (χ3v) is 2.41. The Kier molecular flexibility index (Phi) is 1.58. The van der Waals surface area contributed by atoms with Crippen LogP contribution in [-0.4, -0.2) is 9.38 Å². The first kappa shape index (κ1) is 7.61. The minimum Gasteiger partial charge on any atom is -0.383 e. The van der Waals surface area contributed by atoms with Gasteiger partial charge in [0, 0.05) is 5.69 Å². The van der Waals surface area contributed by atoms with E-state index >= 15 is 0 Å². The summed E-state index contributed by atoms with van der Waals surface area (Å²) >= 11 is 3.29. The summed E-state index contributed by atoms with van der Waals surface area (Å²) in [4.78, 5) is 4.23. The maximum absolute atomic E-state index is 5.79. The molecule has 2 N–H and O–H groups in total. The van der Waals surface area contributed by atoms with E-state index in [9.17, 15) is 0 Å². The number of nitrogens with zero attached hydrogens (tertiary/aromatic N) is 2. The van der Waals surface area contributed by atoms with Crippen molar-refractivity contribution in [3.05, 3.63) is 28.5 Å². The molecule has 2 rings (SSSR count). The summed E-state index contributed by atoms with van der Waals surface area (Å²) in [5.41, 5.74) is 7.75. The summed E-state index contributed by atoms with van der Waals surface area (Å²) in [5, 5.41) is 0. The molecule has 0 aliphatic carbocycles. The molecule has 2 heterocycles. The number of aromatic nitrogens is 2. The van der Waals surface area contributed by atoms with Crippen LogP contribution in [0.15, 0.2) is 22.8 Å². The zero-order valence-corrected chi connectivity index (χ0v) is 8.17. The monoisotopic (exact) mass is 225 g/mol. The Morgan fingerprint density at radius 1 is 1.50 bits per heavy atom. The van der Waals surface area contributed by atoms with Crippen molar-refractivity contribution < 1.29 is 0 Å². The highest BCUT2D eigenvalue weighted by molar-refractivity contribution is 9.10. The Morgan fingerprint density at radius 2 is 2.25 bits per heavy atom. The molecule has 0 radical (unpaired) electrons. The zero-order valence-electron chi connectivity index (χ0n) is 6.58. The molecule has 0 aliphatic heterocycles. The Hall–Kier alpha value is -1.03. The zero-order chi connectivity index (χ0) is 8.72. The fourth-order valence-electron chi connectivity index (χ4n) is 1.25. The van der Waals surface area contributed by atoms with Gasteiger partial charge in [-0.25, -0.2) is 4.98 Å². The average molecular weight is 226 g/mol. The van der Waals surface area contributed by atoms with Crippen LogP contribution >= 0.6 is 15.9 Å². The summed E-state index contributed by atoms with van der Waals surface area (Å²) in [7, 11) is 0. The maximum atomic E-state index is 5.79. The normalized spacial score (nSPS) is 10.8. The second-order valence-electron chi connectivity index (χ2n) is 2.65. The molecule has 0 fully saturated rings. The topological polar surface area (TPSA) is 43.3 Å². The lowest BCUT2D eigenvalue weighted by Gasteiger charge is -1.99. The van der Waals surface area contributed by atoms with Gasteiger partial charge in [-0.05, 0) is 35.0 Å². The molecular weight excluding hydrogens is 218 g/mol. The number of pyridine rings is 1. The van der Waals surface area contributed by atoms with Gasteiger partial charge >= 0.3 is 0 Å². The summed E-state index contributed by atoms with van der Waals surface area (Å²) in [6, 6.07) is 5.88. The molecule has 0 atom stereocenters. The second kappa shape index (κ2) is 2.48. The van der Waals surface area contributed by atoms with Crippen LogP contribution in [0.1, 0.15) is 5.69 Å². The highest BCUT2D eigenvalue weighted by atomic mass is 79.9. The van der Waals surface area contributed by atoms with E-state index in [1.807, 2.05) is 29.5 Å². The van der Waals surface area contributed by atoms with Gasteiger partial charge in [0.1, 0.15) is 16.1 Å². The molecular formula is C8H8BrN3. The van der Waals surface area contributed by atoms with E-state index in [1.165, 1.54) is 0 Å². The number of fused-ring (bicyclic) bond motifs is 1. The first-order valence-corrected chi connectivity index (χ1v) is 4.38. The van der Waals surface area contributed by atoms with Crippen molar-refractivity contribution in [1.82, 2.24) is 9.38 Å². The van der Waals surface area contributed by atoms with Crippen molar-refractivity contribution in [2.24, 2.45) is 0 Å². The number of aryl methyl sites for hydroxylation is 1. The molecule has 0 aromatic carbocycles. The van der Waals surface area contributed by atoms with Gasteiger partial charge in [0.05, 0.1) is 0 Å². The molecule has 12 heavy (non-hydrogen) atoms. The number of halogens is 1. The van der Waals surface area contributed by atoms with Crippen LogP contribution in [-0.2, 0) is 0 Å². The number of imidazole rings is 1. The molecule has 3 nitrogen and oxygen atoms in total. The molecule has 0 saturated heterocycles. The van der Waals surface area contributed by atoms with Crippen molar-refractivity contribution >= 4 is 27.4 Å². The van der Waals surface area contributed by atoms with E-state index in [2.05, 4.69) is 20.9 Å². The molecule has 0 spiro atoms. The van der Waals surface area contributed by atoms with Crippen molar-refractivity contribution in [3.63, 3.8) is 0 Å². The highest BCUT2D eigenvalue weighted by Gasteiger charge is 2.06. The van der Waals surface area contributed by atoms with Crippen LogP contribution in [0.25, 0.3) is 5.65 Å². The number of nitrogens with two attached hydrogens (primary N) is 1. The lowest BCUT2D eigenvalue weighted by atomic mass is 10.4. The Labute approximate surface area is 78.3 Å². The van der Waals surface area contributed by atoms with Gasteiger partial charge < -0.3 is 5.73 Å². The second-order valence-corrected chi connectivity index (χ2v) is 3.40. The standard InChI is InChI=1S/C8H8BrN3/c1-5-3-2-4-6-11-7(9)8(10)12(5)6/h2-4H,10H2,1H3. The van der Waals surface area contributed by atoms with Gasteiger partial charge in [0.2, 0.25) is 0 Å². The molecule has 2 aromatic heterocycles. The Bertz CT molecular complexity index is 433. The fourth-order valence-corrected chi connectivity index (χ4v) is 1.61. The van der Waals surface area contributed by atoms with E-state index in [-0.39, 0.29) is 0 Å². The first-order chi connectivity index (χ1) is 5.70. The molecule has 62 valence electrons. The summed E-state index contributed by atoms with van der Waals surface area (Å²) < 4.78 is 2.61. The number of hydrogen-bond acceptors (Lipinski definition) is 2. The van der Waals surface area contributed by atoms with Crippen LogP contribution < -0.4 is 5.73 Å². The Balaban J connectivity index is 2.97. The first-order valence-electron chi connectivity index (χ1n) is 3.59. The lowest BCUT2D eigenvalue weighted by molar-refractivity contribution is 1.10. The van der Waals surface area contributed by atoms with Gasteiger partial charge in [0.15, 0.2) is 0 Å². The molecule has 4 heteroatoms.